The van der Waals surface area contributed by atoms with Gasteiger partial charge in [0.1, 0.15) is 5.84 Å². The van der Waals surface area contributed by atoms with E-state index in [-0.39, 0.29) is 0 Å². The van der Waals surface area contributed by atoms with Crippen LogP contribution in [0, 0.1) is 0 Å². The van der Waals surface area contributed by atoms with Crippen LogP contribution in [0.2, 0.25) is 0 Å². The molecule has 0 fully saturated rings. The first-order valence-corrected chi connectivity index (χ1v) is 6.49. The van der Waals surface area contributed by atoms with Crippen molar-refractivity contribution in [2.24, 2.45) is 4.99 Å². The summed E-state index contributed by atoms with van der Waals surface area (Å²) < 4.78 is 1.90. The van der Waals surface area contributed by atoms with Gasteiger partial charge in [0.15, 0.2) is 0 Å². The molecule has 0 aromatic carbocycles. The first-order chi connectivity index (χ1) is 5.29. The zero-order valence-electron chi connectivity index (χ0n) is 6.46. The summed E-state index contributed by atoms with van der Waals surface area (Å²) in [5, 5.41) is 0. The first kappa shape index (κ1) is 11.0. The summed E-state index contributed by atoms with van der Waals surface area (Å²) in [5.74, 6) is 0.967. The Balaban J connectivity index is 4.32. The number of nitrogens with zero attached hydrogens (tertiary/aromatic N) is 2. The lowest BCUT2D eigenvalue weighted by Crippen LogP contribution is -2.15. The van der Waals surface area contributed by atoms with Gasteiger partial charge in [0, 0.05) is 49.1 Å². The molecule has 2 nitrogen and oxygen atoms in total. The van der Waals surface area contributed by atoms with Gasteiger partial charge in [-0.1, -0.05) is 20.1 Å². The minimum absolute atomic E-state index is 0.883. The zero-order valence-corrected chi connectivity index (χ0v) is 9.43. The average Bonchev–Trinajstić information content (AvgIpc) is 2.05. The Bertz CT molecular complexity index is 168. The maximum Gasteiger partial charge on any atom is 0.118 e. The number of halogens is 1. The van der Waals surface area contributed by atoms with E-state index in [9.17, 15) is 0 Å². The molecule has 0 aliphatic rings. The summed E-state index contributed by atoms with van der Waals surface area (Å²) in [4.78, 5) is 4.09. The molecule has 62 valence electrons. The molecule has 0 N–H and O–H groups in total. The molecule has 0 spiro atoms. The molecule has 0 saturated carbocycles. The Morgan fingerprint density at radius 2 is 2.36 bits per heavy atom. The van der Waals surface area contributed by atoms with Gasteiger partial charge in [0.25, 0.3) is 0 Å². The van der Waals surface area contributed by atoms with Crippen molar-refractivity contribution in [2.45, 2.75) is 13.3 Å². The molecule has 0 radical (unpaired) electrons. The van der Waals surface area contributed by atoms with Crippen molar-refractivity contribution < 1.29 is 0 Å². The van der Waals surface area contributed by atoms with Gasteiger partial charge in [0.2, 0.25) is 0 Å². The van der Waals surface area contributed by atoms with Crippen LogP contribution in [0.25, 0.3) is 0 Å². The summed E-state index contributed by atoms with van der Waals surface area (Å²) in [7, 11) is 1.55. The average molecular weight is 282 g/mol. The number of amidine groups is 1. The topological polar surface area (TPSA) is 15.6 Å². The van der Waals surface area contributed by atoms with Crippen molar-refractivity contribution >= 4 is 36.2 Å². The van der Waals surface area contributed by atoms with E-state index in [4.69, 9.17) is 0 Å². The van der Waals surface area contributed by atoms with Crippen LogP contribution in [0.1, 0.15) is 13.3 Å². The summed E-state index contributed by atoms with van der Waals surface area (Å²) >= 11 is 2.18. The van der Waals surface area contributed by atoms with Gasteiger partial charge in [0.05, 0.1) is 0 Å². The van der Waals surface area contributed by atoms with Gasteiger partial charge in [-0.15, -0.1) is 0 Å². The number of hydrogen-bond donors (Lipinski definition) is 0. The standard InChI is InChI=1S/C7H11IN2S/c1-4-7(9-5-2)10(6-3)11-8/h5-6H,2-4H2,1H3. The third-order valence-electron chi connectivity index (χ3n) is 1.05. The highest BCUT2D eigenvalue weighted by atomic mass is 127. The van der Waals surface area contributed by atoms with E-state index >= 15 is 0 Å². The second-order valence-corrected chi connectivity index (χ2v) is 3.37. The minimum atomic E-state index is 0.883. The summed E-state index contributed by atoms with van der Waals surface area (Å²) in [5.41, 5.74) is 0. The molecule has 0 aromatic rings. The molecule has 0 amide bonds. The lowest BCUT2D eigenvalue weighted by atomic mass is 10.4. The molecule has 0 aliphatic carbocycles. The Hall–Kier alpha value is 0.0300. The van der Waals surface area contributed by atoms with E-state index < -0.39 is 0 Å². The summed E-state index contributed by atoms with van der Waals surface area (Å²) in [6, 6.07) is 0. The summed E-state index contributed by atoms with van der Waals surface area (Å²) in [6.45, 7) is 9.25. The van der Waals surface area contributed by atoms with Crippen molar-refractivity contribution in [1.82, 2.24) is 4.31 Å². The second kappa shape index (κ2) is 6.72. The predicted molar refractivity (Wildman–Crippen MR) is 61.6 cm³/mol. The largest absolute Gasteiger partial charge is 0.271 e. The number of rotatable bonds is 4. The van der Waals surface area contributed by atoms with Crippen molar-refractivity contribution in [3.05, 3.63) is 25.6 Å². The zero-order chi connectivity index (χ0) is 8.69. The Kier molecular flexibility index (Phi) is 6.74. The number of aliphatic imine (C=N–C) groups is 1. The minimum Gasteiger partial charge on any atom is -0.271 e. The predicted octanol–water partition coefficient (Wildman–Crippen LogP) is 3.38. The second-order valence-electron chi connectivity index (χ2n) is 1.66. The van der Waals surface area contributed by atoms with Crippen LogP contribution in [-0.2, 0) is 0 Å². The van der Waals surface area contributed by atoms with E-state index in [0.717, 1.165) is 12.3 Å². The molecule has 11 heavy (non-hydrogen) atoms. The fraction of sp³-hybridized carbons (Fsp3) is 0.286. The van der Waals surface area contributed by atoms with Crippen LogP contribution in [-0.4, -0.2) is 10.1 Å². The highest BCUT2D eigenvalue weighted by molar-refractivity contribution is 14.2. The molecule has 0 aromatic heterocycles. The van der Waals surface area contributed by atoms with Crippen molar-refractivity contribution in [1.29, 1.82) is 0 Å². The molecule has 0 heterocycles. The van der Waals surface area contributed by atoms with Crippen LogP contribution in [0.3, 0.4) is 0 Å². The van der Waals surface area contributed by atoms with Crippen LogP contribution in [0.5, 0.6) is 0 Å². The molecule has 0 aliphatic heterocycles. The van der Waals surface area contributed by atoms with Gasteiger partial charge >= 0.3 is 0 Å². The molecular formula is C7H11IN2S. The molecule has 0 rings (SSSR count). The van der Waals surface area contributed by atoms with Crippen LogP contribution in [0.4, 0.5) is 0 Å². The molecule has 0 atom stereocenters. The smallest absolute Gasteiger partial charge is 0.118 e. The van der Waals surface area contributed by atoms with Crippen LogP contribution in [0.15, 0.2) is 30.6 Å². The third-order valence-corrected chi connectivity index (χ3v) is 2.83. The molecule has 4 heteroatoms. The number of hydrogen-bond acceptors (Lipinski definition) is 2. The SMILES string of the molecule is C=CN=C(CC)N(C=C)SI. The van der Waals surface area contributed by atoms with E-state index in [1.165, 1.54) is 0 Å². The van der Waals surface area contributed by atoms with E-state index in [2.05, 4.69) is 39.4 Å². The Labute approximate surface area is 84.2 Å². The summed E-state index contributed by atoms with van der Waals surface area (Å²) in [6.07, 6.45) is 4.17. The first-order valence-electron chi connectivity index (χ1n) is 3.18. The van der Waals surface area contributed by atoms with E-state index in [1.807, 2.05) is 11.2 Å². The fourth-order valence-electron chi connectivity index (χ4n) is 0.583. The van der Waals surface area contributed by atoms with E-state index in [1.54, 1.807) is 21.5 Å². The highest BCUT2D eigenvalue weighted by Crippen LogP contribution is 2.20. The van der Waals surface area contributed by atoms with Crippen molar-refractivity contribution in [3.8, 4) is 0 Å². The monoisotopic (exact) mass is 282 g/mol. The Morgan fingerprint density at radius 1 is 1.73 bits per heavy atom. The molecule has 0 bridgehead atoms. The quantitative estimate of drug-likeness (QED) is 0.340. The maximum atomic E-state index is 4.09. The Morgan fingerprint density at radius 3 is 2.64 bits per heavy atom. The fourth-order valence-corrected chi connectivity index (χ4v) is 2.06. The lowest BCUT2D eigenvalue weighted by molar-refractivity contribution is 0.898. The molecule has 0 unspecified atom stereocenters. The third kappa shape index (κ3) is 3.81. The van der Waals surface area contributed by atoms with Gasteiger partial charge in [-0.05, 0) is 0 Å². The van der Waals surface area contributed by atoms with Gasteiger partial charge in [-0.3, -0.25) is 4.31 Å². The van der Waals surface area contributed by atoms with Crippen LogP contribution < -0.4 is 0 Å². The lowest BCUT2D eigenvalue weighted by Gasteiger charge is -2.14. The van der Waals surface area contributed by atoms with Crippen molar-refractivity contribution in [2.75, 3.05) is 0 Å². The van der Waals surface area contributed by atoms with Crippen LogP contribution >= 0.6 is 30.3 Å². The van der Waals surface area contributed by atoms with E-state index in [0.29, 0.717) is 0 Å². The maximum absolute atomic E-state index is 4.09. The molecule has 0 saturated heterocycles. The van der Waals surface area contributed by atoms with Gasteiger partial charge < -0.3 is 0 Å². The highest BCUT2D eigenvalue weighted by Gasteiger charge is 2.02. The van der Waals surface area contributed by atoms with Gasteiger partial charge in [-0.2, -0.15) is 0 Å². The molecular weight excluding hydrogens is 271 g/mol. The normalized spacial score (nSPS) is 10.9. The van der Waals surface area contributed by atoms with Crippen molar-refractivity contribution in [3.63, 3.8) is 0 Å². The van der Waals surface area contributed by atoms with Gasteiger partial charge in [-0.25, -0.2) is 4.99 Å².